The fourth-order valence-corrected chi connectivity index (χ4v) is 9.35. The van der Waals surface area contributed by atoms with E-state index < -0.39 is 0 Å². The lowest BCUT2D eigenvalue weighted by atomic mass is 9.85. The largest absolute Gasteiger partial charge is 0.135 e. The summed E-state index contributed by atoms with van der Waals surface area (Å²) < 4.78 is 0. The van der Waals surface area contributed by atoms with Crippen molar-refractivity contribution in [1.82, 2.24) is 0 Å². The first kappa shape index (κ1) is 22.3. The van der Waals surface area contributed by atoms with E-state index in [9.17, 15) is 0 Å². The Kier molecular flexibility index (Phi) is 4.81. The quantitative estimate of drug-likeness (QED) is 0.225. The fraction of sp³-hybridized carbons (Fsp3) is 0.235. The highest BCUT2D eigenvalue weighted by Gasteiger charge is 2.39. The summed E-state index contributed by atoms with van der Waals surface area (Å²) in [6.45, 7) is 13.9. The first-order chi connectivity index (χ1) is 17.3. The van der Waals surface area contributed by atoms with E-state index in [1.165, 1.54) is 75.1 Å². The maximum atomic E-state index is 2.47. The van der Waals surface area contributed by atoms with Crippen LogP contribution in [0.4, 0.5) is 0 Å². The van der Waals surface area contributed by atoms with Gasteiger partial charge in [-0.1, -0.05) is 73.5 Å². The van der Waals surface area contributed by atoms with Crippen molar-refractivity contribution in [2.45, 2.75) is 53.4 Å². The van der Waals surface area contributed by atoms with Crippen LogP contribution in [0.15, 0.2) is 60.7 Å². The summed E-state index contributed by atoms with van der Waals surface area (Å²) in [6.07, 6.45) is 0. The average Bonchev–Trinajstić information content (AvgIpc) is 3.60. The lowest BCUT2D eigenvalue weighted by Crippen LogP contribution is -2.02. The predicted octanol–water partition coefficient (Wildman–Crippen LogP) is 10.6. The molecular weight excluding hydrogens is 473 g/mol. The van der Waals surface area contributed by atoms with Gasteiger partial charge >= 0.3 is 0 Å². The summed E-state index contributed by atoms with van der Waals surface area (Å²) in [7, 11) is 0. The topological polar surface area (TPSA) is 0 Å². The maximum Gasteiger partial charge on any atom is 0.0393 e. The van der Waals surface area contributed by atoms with Crippen LogP contribution in [-0.4, -0.2) is 0 Å². The van der Waals surface area contributed by atoms with E-state index in [1.807, 2.05) is 22.7 Å². The zero-order valence-corrected chi connectivity index (χ0v) is 23.4. The van der Waals surface area contributed by atoms with Crippen LogP contribution in [0.5, 0.6) is 0 Å². The van der Waals surface area contributed by atoms with Crippen molar-refractivity contribution in [3.8, 4) is 41.8 Å². The van der Waals surface area contributed by atoms with Crippen molar-refractivity contribution < 1.29 is 0 Å². The van der Waals surface area contributed by atoms with Crippen LogP contribution in [0.25, 0.3) is 41.8 Å². The van der Waals surface area contributed by atoms with Gasteiger partial charge in [-0.3, -0.25) is 0 Å². The van der Waals surface area contributed by atoms with E-state index in [-0.39, 0.29) is 0 Å². The molecule has 0 bridgehead atoms. The second kappa shape index (κ2) is 7.78. The maximum absolute atomic E-state index is 2.47. The number of hydrogen-bond acceptors (Lipinski definition) is 2. The van der Waals surface area contributed by atoms with Gasteiger partial charge in [0.2, 0.25) is 0 Å². The van der Waals surface area contributed by atoms with E-state index in [1.54, 1.807) is 11.1 Å². The van der Waals surface area contributed by atoms with E-state index in [4.69, 9.17) is 0 Å². The number of hydrogen-bond donors (Lipinski definition) is 0. The highest BCUT2D eigenvalue weighted by atomic mass is 32.1. The van der Waals surface area contributed by atoms with Crippen molar-refractivity contribution in [3.05, 3.63) is 105 Å². The van der Waals surface area contributed by atoms with Crippen LogP contribution in [0.2, 0.25) is 0 Å². The van der Waals surface area contributed by atoms with Gasteiger partial charge in [0.25, 0.3) is 0 Å². The molecule has 0 aliphatic heterocycles. The Morgan fingerprint density at radius 1 is 0.528 bits per heavy atom. The van der Waals surface area contributed by atoms with E-state index >= 15 is 0 Å². The molecule has 0 amide bonds. The minimum atomic E-state index is 0.435. The van der Waals surface area contributed by atoms with Gasteiger partial charge in [-0.15, -0.1) is 22.7 Å². The third-order valence-corrected chi connectivity index (χ3v) is 11.0. The summed E-state index contributed by atoms with van der Waals surface area (Å²) in [6, 6.07) is 22.9. The molecule has 0 spiro atoms. The Hall–Kier alpha value is -2.94. The summed E-state index contributed by atoms with van der Waals surface area (Å²) in [4.78, 5) is 5.79. The number of aryl methyl sites for hydroxylation is 2. The number of thiophene rings is 2. The molecule has 2 aliphatic rings. The predicted molar refractivity (Wildman–Crippen MR) is 158 cm³/mol. The van der Waals surface area contributed by atoms with Gasteiger partial charge in [0.15, 0.2) is 0 Å². The standard InChI is InChI=1S/C34H30S2/c1-17-7-11-23(12-8-17)27-15-25-19(3)29-22(6)32-30(21(5)31(29)33(25)35-27)20(4)26-16-28(36-34(26)32)24-13-9-18(2)10-14-24/h7-16,19-20H,1-6H3. The molecule has 3 aromatic carbocycles. The molecule has 0 N–H and O–H groups in total. The molecule has 5 aromatic rings. The molecule has 0 nitrogen and oxygen atoms in total. The molecule has 178 valence electrons. The highest BCUT2D eigenvalue weighted by Crippen LogP contribution is 2.60. The Morgan fingerprint density at radius 2 is 0.889 bits per heavy atom. The van der Waals surface area contributed by atoms with Gasteiger partial charge in [-0.05, 0) is 95.5 Å². The third-order valence-electron chi connectivity index (χ3n) is 8.54. The first-order valence-corrected chi connectivity index (χ1v) is 14.6. The molecule has 2 heteroatoms. The van der Waals surface area contributed by atoms with Crippen LogP contribution in [0.1, 0.15) is 70.2 Å². The molecule has 36 heavy (non-hydrogen) atoms. The average molecular weight is 503 g/mol. The normalized spacial score (nSPS) is 17.2. The van der Waals surface area contributed by atoms with Crippen LogP contribution in [0, 0.1) is 27.7 Å². The Balaban J connectivity index is 1.39. The Morgan fingerprint density at radius 3 is 1.25 bits per heavy atom. The molecule has 7 rings (SSSR count). The van der Waals surface area contributed by atoms with Gasteiger partial charge in [0.05, 0.1) is 0 Å². The van der Waals surface area contributed by atoms with Crippen molar-refractivity contribution in [2.75, 3.05) is 0 Å². The highest BCUT2D eigenvalue weighted by molar-refractivity contribution is 7.19. The molecule has 2 atom stereocenters. The summed E-state index contributed by atoms with van der Waals surface area (Å²) in [5.41, 5.74) is 17.5. The molecule has 0 saturated heterocycles. The Labute approximate surface area is 222 Å². The lowest BCUT2D eigenvalue weighted by molar-refractivity contribution is 0.926. The van der Waals surface area contributed by atoms with Crippen molar-refractivity contribution in [2.24, 2.45) is 0 Å². The summed E-state index contributed by atoms with van der Waals surface area (Å²) >= 11 is 3.97. The second-order valence-corrected chi connectivity index (χ2v) is 12.9. The summed E-state index contributed by atoms with van der Waals surface area (Å²) in [5.74, 6) is 0.871. The van der Waals surface area contributed by atoms with Gasteiger partial charge in [0.1, 0.15) is 0 Å². The van der Waals surface area contributed by atoms with Gasteiger partial charge in [0, 0.05) is 31.3 Å². The number of rotatable bonds is 2. The van der Waals surface area contributed by atoms with Gasteiger partial charge in [-0.25, -0.2) is 0 Å². The number of benzene rings is 3. The Bertz CT molecular complexity index is 1550. The van der Waals surface area contributed by atoms with Crippen molar-refractivity contribution >= 4 is 22.7 Å². The monoisotopic (exact) mass is 502 g/mol. The third kappa shape index (κ3) is 2.98. The molecule has 2 heterocycles. The molecular formula is C34H30S2. The summed E-state index contributed by atoms with van der Waals surface area (Å²) in [5, 5.41) is 0. The molecule has 0 radical (unpaired) electrons. The van der Waals surface area contributed by atoms with Gasteiger partial charge in [-0.2, -0.15) is 0 Å². The molecule has 2 aliphatic carbocycles. The smallest absolute Gasteiger partial charge is 0.0393 e. The van der Waals surface area contributed by atoms with Crippen LogP contribution in [-0.2, 0) is 0 Å². The van der Waals surface area contributed by atoms with Crippen molar-refractivity contribution in [1.29, 1.82) is 0 Å². The lowest BCUT2D eigenvalue weighted by Gasteiger charge is -2.20. The fourth-order valence-electron chi connectivity index (χ4n) is 6.59. The second-order valence-electron chi connectivity index (χ2n) is 10.8. The molecule has 2 aromatic heterocycles. The minimum absolute atomic E-state index is 0.435. The zero-order chi connectivity index (χ0) is 24.9. The van der Waals surface area contributed by atoms with Crippen molar-refractivity contribution in [3.63, 3.8) is 0 Å². The molecule has 2 unspecified atom stereocenters. The van der Waals surface area contributed by atoms with Crippen LogP contribution >= 0.6 is 22.7 Å². The molecule has 0 saturated carbocycles. The van der Waals surface area contributed by atoms with Crippen LogP contribution in [0.3, 0.4) is 0 Å². The van der Waals surface area contributed by atoms with Gasteiger partial charge < -0.3 is 0 Å². The van der Waals surface area contributed by atoms with E-state index in [0.29, 0.717) is 11.8 Å². The molecule has 0 fully saturated rings. The zero-order valence-electron chi connectivity index (χ0n) is 21.7. The van der Waals surface area contributed by atoms with E-state index in [0.717, 1.165) is 0 Å². The first-order valence-electron chi connectivity index (χ1n) is 12.9. The van der Waals surface area contributed by atoms with E-state index in [2.05, 4.69) is 102 Å². The minimum Gasteiger partial charge on any atom is -0.135 e. The SMILES string of the molecule is Cc1ccc(-c2cc3c(s2)-c2c(C)c4c(c(C)c2C3C)-c2sc(-c3ccc(C)cc3)cc2C4C)cc1. The van der Waals surface area contributed by atoms with Crippen LogP contribution < -0.4 is 0 Å². The number of fused-ring (bicyclic) bond motifs is 6.